The number of amides is 1. The van der Waals surface area contributed by atoms with E-state index in [2.05, 4.69) is 24.9 Å². The number of hydrogen-bond acceptors (Lipinski definition) is 2. The summed E-state index contributed by atoms with van der Waals surface area (Å²) in [4.78, 5) is 19.4. The van der Waals surface area contributed by atoms with E-state index in [1.165, 1.54) is 0 Å². The van der Waals surface area contributed by atoms with Crippen LogP contribution in [-0.4, -0.2) is 22.3 Å². The van der Waals surface area contributed by atoms with Gasteiger partial charge in [-0.15, -0.1) is 0 Å². The first kappa shape index (κ1) is 16.8. The number of likely N-dealkylation sites (tertiary alicyclic amines) is 1. The van der Waals surface area contributed by atoms with E-state index in [1.807, 2.05) is 23.2 Å². The number of hydrogen-bond donors (Lipinski definition) is 0. The summed E-state index contributed by atoms with van der Waals surface area (Å²) in [5, 5.41) is 0. The van der Waals surface area contributed by atoms with Crippen LogP contribution in [0.3, 0.4) is 0 Å². The summed E-state index contributed by atoms with van der Waals surface area (Å²) < 4.78 is 0.251. The van der Waals surface area contributed by atoms with E-state index < -0.39 is 0 Å². The molecule has 1 amide bonds. The minimum Gasteiger partial charge on any atom is -0.335 e. The van der Waals surface area contributed by atoms with Crippen molar-refractivity contribution in [3.05, 3.63) is 40.7 Å². The molecule has 0 radical (unpaired) electrons. The van der Waals surface area contributed by atoms with Crippen molar-refractivity contribution in [1.82, 2.24) is 9.88 Å². The maximum Gasteiger partial charge on any atom is 0.227 e. The smallest absolute Gasteiger partial charge is 0.227 e. The first-order valence-electron chi connectivity index (χ1n) is 8.16. The van der Waals surface area contributed by atoms with E-state index in [0.29, 0.717) is 0 Å². The van der Waals surface area contributed by atoms with E-state index in [4.69, 9.17) is 23.2 Å². The standard InChI is InChI=1S/C18H22Cl2N2O/c1-18(2)13(10-15(19)20)16(18)17(23)22-9-4-3-7-14(22)12-6-5-8-21-11-12/h5-6,8,10-11,13-14,16H,3-4,7,9H2,1-2H3/t13-,14+,16+/m1/s1. The molecule has 5 heteroatoms. The largest absolute Gasteiger partial charge is 0.335 e. The second kappa shape index (κ2) is 6.45. The summed E-state index contributed by atoms with van der Waals surface area (Å²) in [6.45, 7) is 5.03. The molecule has 3 rings (SSSR count). The van der Waals surface area contributed by atoms with Crippen molar-refractivity contribution in [3.63, 3.8) is 0 Å². The van der Waals surface area contributed by atoms with E-state index in [1.54, 1.807) is 6.20 Å². The summed E-state index contributed by atoms with van der Waals surface area (Å²) in [7, 11) is 0. The Hall–Kier alpha value is -1.06. The van der Waals surface area contributed by atoms with Gasteiger partial charge < -0.3 is 4.90 Å². The van der Waals surface area contributed by atoms with Crippen molar-refractivity contribution in [2.24, 2.45) is 17.3 Å². The molecule has 0 N–H and O–H groups in total. The van der Waals surface area contributed by atoms with Crippen LogP contribution >= 0.6 is 23.2 Å². The van der Waals surface area contributed by atoms with Gasteiger partial charge in [-0.25, -0.2) is 0 Å². The monoisotopic (exact) mass is 352 g/mol. The zero-order chi connectivity index (χ0) is 16.6. The summed E-state index contributed by atoms with van der Waals surface area (Å²) in [5.41, 5.74) is 1.05. The van der Waals surface area contributed by atoms with Crippen LogP contribution in [-0.2, 0) is 4.79 Å². The minimum absolute atomic E-state index is 0.0349. The van der Waals surface area contributed by atoms with Crippen molar-refractivity contribution in [2.45, 2.75) is 39.2 Å². The fourth-order valence-corrected chi connectivity index (χ4v) is 4.16. The van der Waals surface area contributed by atoms with E-state index in [9.17, 15) is 4.79 Å². The molecule has 3 atom stereocenters. The fourth-order valence-electron chi connectivity index (χ4n) is 3.89. The normalized spacial score (nSPS) is 29.0. The predicted octanol–water partition coefficient (Wildman–Crippen LogP) is 4.73. The number of nitrogens with zero attached hydrogens (tertiary/aromatic N) is 2. The van der Waals surface area contributed by atoms with Gasteiger partial charge in [0.05, 0.1) is 12.0 Å². The lowest BCUT2D eigenvalue weighted by molar-refractivity contribution is -0.137. The highest BCUT2D eigenvalue weighted by atomic mass is 35.5. The van der Waals surface area contributed by atoms with Crippen LogP contribution in [0.5, 0.6) is 0 Å². The third-order valence-corrected chi connectivity index (χ3v) is 5.59. The lowest BCUT2D eigenvalue weighted by atomic mass is 9.95. The Morgan fingerprint density at radius 3 is 2.83 bits per heavy atom. The maximum atomic E-state index is 13.1. The number of piperidine rings is 1. The third kappa shape index (κ3) is 3.27. The number of halogens is 2. The number of rotatable bonds is 3. The Bertz CT molecular complexity index is 611. The van der Waals surface area contributed by atoms with Gasteiger partial charge in [0, 0.05) is 18.9 Å². The molecule has 1 aromatic rings. The fraction of sp³-hybridized carbons (Fsp3) is 0.556. The van der Waals surface area contributed by atoms with Crippen molar-refractivity contribution in [1.29, 1.82) is 0 Å². The average Bonchev–Trinajstić information content (AvgIpc) is 3.07. The summed E-state index contributed by atoms with van der Waals surface area (Å²) in [6, 6.07) is 4.14. The van der Waals surface area contributed by atoms with Gasteiger partial charge in [-0.2, -0.15) is 0 Å². The van der Waals surface area contributed by atoms with Crippen molar-refractivity contribution < 1.29 is 4.79 Å². The highest BCUT2D eigenvalue weighted by Gasteiger charge is 2.62. The molecule has 23 heavy (non-hydrogen) atoms. The zero-order valence-corrected chi connectivity index (χ0v) is 15.0. The Balaban J connectivity index is 1.82. The van der Waals surface area contributed by atoms with Gasteiger partial charge >= 0.3 is 0 Å². The van der Waals surface area contributed by atoms with Gasteiger partial charge in [-0.05, 0) is 48.3 Å². The zero-order valence-electron chi connectivity index (χ0n) is 13.5. The van der Waals surface area contributed by atoms with Crippen LogP contribution < -0.4 is 0 Å². The predicted molar refractivity (Wildman–Crippen MR) is 93.1 cm³/mol. The molecule has 1 aromatic heterocycles. The molecule has 1 saturated carbocycles. The summed E-state index contributed by atoms with van der Waals surface area (Å²) >= 11 is 11.6. The molecule has 2 heterocycles. The molecule has 124 valence electrons. The number of pyridine rings is 1. The SMILES string of the molecule is CC1(C)[C@H](C=C(Cl)Cl)[C@H]1C(=O)N1CCCC[C@H]1c1cccnc1. The molecule has 2 aliphatic rings. The quantitative estimate of drug-likeness (QED) is 0.787. The molecule has 0 aromatic carbocycles. The number of carbonyl (C=O) groups excluding carboxylic acids is 1. The second-order valence-corrected chi connectivity index (χ2v) is 8.12. The molecule has 0 spiro atoms. The van der Waals surface area contributed by atoms with E-state index >= 15 is 0 Å². The van der Waals surface area contributed by atoms with Crippen LogP contribution in [0.15, 0.2) is 35.1 Å². The Kier molecular flexibility index (Phi) is 4.70. The van der Waals surface area contributed by atoms with E-state index in [-0.39, 0.29) is 33.7 Å². The number of aromatic nitrogens is 1. The van der Waals surface area contributed by atoms with Gasteiger partial charge in [-0.3, -0.25) is 9.78 Å². The van der Waals surface area contributed by atoms with Crippen LogP contribution in [0.4, 0.5) is 0 Å². The van der Waals surface area contributed by atoms with Gasteiger partial charge in [-0.1, -0.05) is 43.1 Å². The topological polar surface area (TPSA) is 33.2 Å². The lowest BCUT2D eigenvalue weighted by Crippen LogP contribution is -2.40. The van der Waals surface area contributed by atoms with Crippen LogP contribution in [0.1, 0.15) is 44.7 Å². The summed E-state index contributed by atoms with van der Waals surface area (Å²) in [5.74, 6) is 0.308. The van der Waals surface area contributed by atoms with Crippen LogP contribution in [0, 0.1) is 17.3 Å². The van der Waals surface area contributed by atoms with Crippen LogP contribution in [0.25, 0.3) is 0 Å². The molecule has 2 fully saturated rings. The maximum absolute atomic E-state index is 13.1. The number of carbonyl (C=O) groups is 1. The molecule has 1 aliphatic heterocycles. The van der Waals surface area contributed by atoms with Gasteiger partial charge in [0.2, 0.25) is 5.91 Å². The molecular formula is C18H22Cl2N2O. The molecule has 0 unspecified atom stereocenters. The van der Waals surface area contributed by atoms with Crippen molar-refractivity contribution >= 4 is 29.1 Å². The lowest BCUT2D eigenvalue weighted by Gasteiger charge is -2.36. The Labute approximate surface area is 147 Å². The minimum atomic E-state index is -0.0803. The third-order valence-electron chi connectivity index (χ3n) is 5.34. The van der Waals surface area contributed by atoms with Crippen molar-refractivity contribution in [3.8, 4) is 0 Å². The molecule has 3 nitrogen and oxygen atoms in total. The highest BCUT2D eigenvalue weighted by molar-refractivity contribution is 6.55. The average molecular weight is 353 g/mol. The van der Waals surface area contributed by atoms with Crippen LogP contribution in [0.2, 0.25) is 0 Å². The summed E-state index contributed by atoms with van der Waals surface area (Å²) in [6.07, 6.45) is 8.67. The molecule has 1 aliphatic carbocycles. The first-order chi connectivity index (χ1) is 10.9. The van der Waals surface area contributed by atoms with Gasteiger partial charge in [0.15, 0.2) is 0 Å². The van der Waals surface area contributed by atoms with Gasteiger partial charge in [0.25, 0.3) is 0 Å². The molecular weight excluding hydrogens is 331 g/mol. The second-order valence-electron chi connectivity index (χ2n) is 7.11. The Morgan fingerprint density at radius 2 is 2.17 bits per heavy atom. The Morgan fingerprint density at radius 1 is 1.39 bits per heavy atom. The highest BCUT2D eigenvalue weighted by Crippen LogP contribution is 2.61. The first-order valence-corrected chi connectivity index (χ1v) is 8.91. The molecule has 1 saturated heterocycles. The van der Waals surface area contributed by atoms with Crippen molar-refractivity contribution in [2.75, 3.05) is 6.54 Å². The van der Waals surface area contributed by atoms with E-state index in [0.717, 1.165) is 31.4 Å². The number of allylic oxidation sites excluding steroid dienone is 1. The van der Waals surface area contributed by atoms with Gasteiger partial charge in [0.1, 0.15) is 4.49 Å². The molecule has 0 bridgehead atoms.